The van der Waals surface area contributed by atoms with Crippen molar-refractivity contribution < 1.29 is 5.11 Å². The van der Waals surface area contributed by atoms with Crippen LogP contribution in [0.2, 0.25) is 0 Å². The topological polar surface area (TPSA) is 33.1 Å². The van der Waals surface area contributed by atoms with Crippen LogP contribution in [0, 0.1) is 6.92 Å². The Bertz CT molecular complexity index is 1040. The molecular weight excluding hydrogens is 326 g/mol. The van der Waals surface area contributed by atoms with E-state index >= 15 is 0 Å². The Morgan fingerprint density at radius 2 is 1.48 bits per heavy atom. The Kier molecular flexibility index (Phi) is 4.08. The molecule has 0 spiro atoms. The number of fused-ring (bicyclic) bond motifs is 1. The molecule has 0 bridgehead atoms. The minimum atomic E-state index is 0.285. The van der Waals surface area contributed by atoms with Crippen LogP contribution in [0.5, 0.6) is 5.75 Å². The van der Waals surface area contributed by atoms with Gasteiger partial charge in [0.25, 0.3) is 0 Å². The van der Waals surface area contributed by atoms with Crippen LogP contribution in [0.15, 0.2) is 66.7 Å². The highest BCUT2D eigenvalue weighted by atomic mass is 32.1. The minimum Gasteiger partial charge on any atom is -0.508 e. The molecule has 0 aliphatic rings. The molecule has 0 fully saturated rings. The fraction of sp³-hybridized carbons (Fsp3) is 0.0455. The number of aryl methyl sites for hydroxylation is 1. The quantitative estimate of drug-likeness (QED) is 0.453. The Morgan fingerprint density at radius 1 is 0.840 bits per heavy atom. The summed E-state index contributed by atoms with van der Waals surface area (Å²) in [5.74, 6) is 0.285. The van der Waals surface area contributed by atoms with E-state index in [1.54, 1.807) is 23.5 Å². The molecule has 0 atom stereocenters. The van der Waals surface area contributed by atoms with Crippen molar-refractivity contribution >= 4 is 33.7 Å². The number of aromatic hydroxyl groups is 1. The van der Waals surface area contributed by atoms with Crippen molar-refractivity contribution in [3.8, 4) is 16.3 Å². The SMILES string of the molecule is Cc1ccc2nc(-c3ccc(/C=C/c4ccc(O)cc4)cc3)sc2c1. The summed E-state index contributed by atoms with van der Waals surface area (Å²) in [5.41, 5.74) is 5.65. The first-order chi connectivity index (χ1) is 12.2. The fourth-order valence-electron chi connectivity index (χ4n) is 2.67. The van der Waals surface area contributed by atoms with Crippen LogP contribution >= 0.6 is 11.3 Å². The summed E-state index contributed by atoms with van der Waals surface area (Å²) in [4.78, 5) is 4.73. The van der Waals surface area contributed by atoms with E-state index in [4.69, 9.17) is 4.98 Å². The zero-order valence-corrected chi connectivity index (χ0v) is 14.6. The summed E-state index contributed by atoms with van der Waals surface area (Å²) in [6.45, 7) is 2.11. The number of phenolic OH excluding ortho intramolecular Hbond substituents is 1. The van der Waals surface area contributed by atoms with Gasteiger partial charge in [0.05, 0.1) is 10.2 Å². The standard InChI is InChI=1S/C22H17NOS/c1-15-2-13-20-21(14-15)25-22(23-20)18-9-5-16(6-10-18)3-4-17-7-11-19(24)12-8-17/h2-14,24H,1H3/b4-3+. The van der Waals surface area contributed by atoms with Crippen molar-refractivity contribution in [3.63, 3.8) is 0 Å². The van der Waals surface area contributed by atoms with E-state index in [0.717, 1.165) is 27.2 Å². The van der Waals surface area contributed by atoms with Gasteiger partial charge >= 0.3 is 0 Å². The van der Waals surface area contributed by atoms with Crippen LogP contribution in [-0.4, -0.2) is 10.1 Å². The molecule has 1 heterocycles. The lowest BCUT2D eigenvalue weighted by Crippen LogP contribution is -1.77. The predicted octanol–water partition coefficient (Wildman–Crippen LogP) is 6.15. The lowest BCUT2D eigenvalue weighted by atomic mass is 10.1. The number of rotatable bonds is 3. The average molecular weight is 343 g/mol. The van der Waals surface area contributed by atoms with Crippen LogP contribution in [0.3, 0.4) is 0 Å². The molecule has 4 rings (SSSR count). The van der Waals surface area contributed by atoms with Gasteiger partial charge in [-0.25, -0.2) is 4.98 Å². The van der Waals surface area contributed by atoms with E-state index in [1.165, 1.54) is 10.3 Å². The maximum Gasteiger partial charge on any atom is 0.124 e. The van der Waals surface area contributed by atoms with Crippen LogP contribution in [0.4, 0.5) is 0 Å². The summed E-state index contributed by atoms with van der Waals surface area (Å²) in [5, 5.41) is 10.4. The molecule has 4 aromatic rings. The third-order valence-electron chi connectivity index (χ3n) is 4.06. The van der Waals surface area contributed by atoms with Crippen LogP contribution < -0.4 is 0 Å². The molecular formula is C22H17NOS. The van der Waals surface area contributed by atoms with Gasteiger partial charge in [0.1, 0.15) is 10.8 Å². The lowest BCUT2D eigenvalue weighted by Gasteiger charge is -1.98. The Balaban J connectivity index is 1.57. The molecule has 122 valence electrons. The molecule has 0 unspecified atom stereocenters. The zero-order chi connectivity index (χ0) is 17.2. The number of aromatic nitrogens is 1. The average Bonchev–Trinajstić information content (AvgIpc) is 3.05. The maximum absolute atomic E-state index is 9.32. The second-order valence-electron chi connectivity index (χ2n) is 6.04. The van der Waals surface area contributed by atoms with E-state index < -0.39 is 0 Å². The molecule has 1 N–H and O–H groups in total. The van der Waals surface area contributed by atoms with Crippen LogP contribution in [0.25, 0.3) is 32.9 Å². The summed E-state index contributed by atoms with van der Waals surface area (Å²) in [6, 6.07) is 22.0. The monoisotopic (exact) mass is 343 g/mol. The molecule has 3 aromatic carbocycles. The Morgan fingerprint density at radius 3 is 2.16 bits per heavy atom. The van der Waals surface area contributed by atoms with E-state index in [-0.39, 0.29) is 5.75 Å². The van der Waals surface area contributed by atoms with Crippen LogP contribution in [-0.2, 0) is 0 Å². The number of hydrogen-bond donors (Lipinski definition) is 1. The highest BCUT2D eigenvalue weighted by Gasteiger charge is 2.06. The van der Waals surface area contributed by atoms with E-state index in [1.807, 2.05) is 18.2 Å². The van der Waals surface area contributed by atoms with Crippen LogP contribution in [0.1, 0.15) is 16.7 Å². The second kappa shape index (κ2) is 6.54. The highest BCUT2D eigenvalue weighted by molar-refractivity contribution is 7.21. The molecule has 3 heteroatoms. The van der Waals surface area contributed by atoms with Gasteiger partial charge in [0, 0.05) is 5.56 Å². The predicted molar refractivity (Wildman–Crippen MR) is 107 cm³/mol. The van der Waals surface area contributed by atoms with E-state index in [2.05, 4.69) is 55.5 Å². The van der Waals surface area contributed by atoms with Crippen molar-refractivity contribution in [2.24, 2.45) is 0 Å². The van der Waals surface area contributed by atoms with Crippen molar-refractivity contribution in [1.29, 1.82) is 0 Å². The number of thiazole rings is 1. The third-order valence-corrected chi connectivity index (χ3v) is 5.13. The normalized spacial score (nSPS) is 11.4. The molecule has 0 aliphatic carbocycles. The number of hydrogen-bond acceptors (Lipinski definition) is 3. The van der Waals surface area contributed by atoms with Gasteiger partial charge in [-0.1, -0.05) is 54.6 Å². The summed E-state index contributed by atoms with van der Waals surface area (Å²) < 4.78 is 1.23. The smallest absolute Gasteiger partial charge is 0.124 e. The second-order valence-corrected chi connectivity index (χ2v) is 7.07. The molecule has 0 saturated heterocycles. The molecule has 2 nitrogen and oxygen atoms in total. The molecule has 1 aromatic heterocycles. The van der Waals surface area contributed by atoms with E-state index in [9.17, 15) is 5.11 Å². The molecule has 25 heavy (non-hydrogen) atoms. The minimum absolute atomic E-state index is 0.285. The van der Waals surface area contributed by atoms with Gasteiger partial charge in [-0.05, 0) is 47.9 Å². The summed E-state index contributed by atoms with van der Waals surface area (Å²) in [7, 11) is 0. The molecule has 0 aliphatic heterocycles. The Hall–Kier alpha value is -2.91. The third kappa shape index (κ3) is 3.47. The number of nitrogens with zero attached hydrogens (tertiary/aromatic N) is 1. The van der Waals surface area contributed by atoms with Gasteiger partial charge in [0.15, 0.2) is 0 Å². The zero-order valence-electron chi connectivity index (χ0n) is 13.8. The van der Waals surface area contributed by atoms with Gasteiger partial charge in [0.2, 0.25) is 0 Å². The first-order valence-electron chi connectivity index (χ1n) is 8.12. The van der Waals surface area contributed by atoms with Gasteiger partial charge < -0.3 is 5.11 Å². The van der Waals surface area contributed by atoms with Crippen molar-refractivity contribution in [2.45, 2.75) is 6.92 Å². The molecule has 0 amide bonds. The molecule has 0 radical (unpaired) electrons. The summed E-state index contributed by atoms with van der Waals surface area (Å²) in [6.07, 6.45) is 4.10. The number of benzene rings is 3. The van der Waals surface area contributed by atoms with Gasteiger partial charge in [-0.3, -0.25) is 0 Å². The number of phenols is 1. The fourth-order valence-corrected chi connectivity index (χ4v) is 3.74. The van der Waals surface area contributed by atoms with Gasteiger partial charge in [-0.2, -0.15) is 0 Å². The first kappa shape index (κ1) is 15.6. The van der Waals surface area contributed by atoms with Crippen molar-refractivity contribution in [3.05, 3.63) is 83.4 Å². The van der Waals surface area contributed by atoms with Gasteiger partial charge in [-0.15, -0.1) is 11.3 Å². The van der Waals surface area contributed by atoms with Crippen molar-refractivity contribution in [1.82, 2.24) is 4.98 Å². The summed E-state index contributed by atoms with van der Waals surface area (Å²) >= 11 is 1.73. The Labute approximate surface area is 150 Å². The molecule has 0 saturated carbocycles. The van der Waals surface area contributed by atoms with Crippen molar-refractivity contribution in [2.75, 3.05) is 0 Å². The van der Waals surface area contributed by atoms with E-state index in [0.29, 0.717) is 0 Å². The first-order valence-corrected chi connectivity index (χ1v) is 8.94. The highest BCUT2D eigenvalue weighted by Crippen LogP contribution is 2.31. The maximum atomic E-state index is 9.32. The largest absolute Gasteiger partial charge is 0.508 e. The lowest BCUT2D eigenvalue weighted by molar-refractivity contribution is 0.475.